The lowest BCUT2D eigenvalue weighted by Crippen LogP contribution is -2.19. The Balaban J connectivity index is 1.92. The van der Waals surface area contributed by atoms with Crippen molar-refractivity contribution in [3.63, 3.8) is 0 Å². The zero-order valence-corrected chi connectivity index (χ0v) is 15.3. The minimum absolute atomic E-state index is 0.103. The zero-order valence-electron chi connectivity index (χ0n) is 13.7. The fraction of sp³-hybridized carbons (Fsp3) is 0.150. The second-order valence-electron chi connectivity index (χ2n) is 5.59. The van der Waals surface area contributed by atoms with Crippen LogP contribution < -0.4 is 4.90 Å². The first-order chi connectivity index (χ1) is 12.3. The van der Waals surface area contributed by atoms with Gasteiger partial charge in [0.25, 0.3) is 0 Å². The summed E-state index contributed by atoms with van der Waals surface area (Å²) < 4.78 is 5.42. The topological polar surface area (TPSA) is 29.5 Å². The average Bonchev–Trinajstić information content (AvgIpc) is 3.06. The Bertz CT molecular complexity index is 861. The van der Waals surface area contributed by atoms with E-state index in [-0.39, 0.29) is 11.2 Å². The van der Waals surface area contributed by atoms with E-state index in [1.165, 1.54) is 0 Å². The molecule has 126 valence electrons. The molecule has 1 atom stereocenters. The number of rotatable bonds is 3. The van der Waals surface area contributed by atoms with Gasteiger partial charge in [-0.3, -0.25) is 0 Å². The number of hydrogen-bond acceptors (Lipinski definition) is 5. The van der Waals surface area contributed by atoms with Crippen LogP contribution >= 0.6 is 23.5 Å². The SMILES string of the molecule is CCOC(=O)C1=C2SC=CN2c2ccccc2SC1c1ccccc1. The van der Waals surface area contributed by atoms with Crippen molar-refractivity contribution in [2.45, 2.75) is 17.1 Å². The lowest BCUT2D eigenvalue weighted by atomic mass is 10.0. The Morgan fingerprint density at radius 3 is 2.68 bits per heavy atom. The molecule has 2 aliphatic rings. The average molecular weight is 367 g/mol. The minimum Gasteiger partial charge on any atom is -0.463 e. The van der Waals surface area contributed by atoms with Crippen molar-refractivity contribution >= 4 is 35.2 Å². The van der Waals surface area contributed by atoms with E-state index in [9.17, 15) is 4.79 Å². The first kappa shape index (κ1) is 16.4. The first-order valence-corrected chi connectivity index (χ1v) is 9.90. The van der Waals surface area contributed by atoms with Gasteiger partial charge in [0.2, 0.25) is 0 Å². The molecule has 0 saturated carbocycles. The fourth-order valence-corrected chi connectivity index (χ4v) is 5.29. The van der Waals surface area contributed by atoms with Gasteiger partial charge in [0.1, 0.15) is 0 Å². The molecule has 0 aromatic heterocycles. The van der Waals surface area contributed by atoms with Gasteiger partial charge in [-0.15, -0.1) is 11.8 Å². The van der Waals surface area contributed by atoms with Gasteiger partial charge in [-0.25, -0.2) is 4.79 Å². The van der Waals surface area contributed by atoms with Crippen LogP contribution in [0.25, 0.3) is 0 Å². The molecule has 5 heteroatoms. The molecule has 2 aromatic carbocycles. The summed E-state index contributed by atoms with van der Waals surface area (Å²) in [5, 5.41) is 2.85. The molecule has 0 spiro atoms. The number of esters is 1. The van der Waals surface area contributed by atoms with Gasteiger partial charge in [0.15, 0.2) is 0 Å². The Hall–Kier alpha value is -2.11. The number of thioether (sulfide) groups is 2. The van der Waals surface area contributed by atoms with E-state index in [2.05, 4.69) is 29.2 Å². The predicted molar refractivity (Wildman–Crippen MR) is 104 cm³/mol. The van der Waals surface area contributed by atoms with Gasteiger partial charge >= 0.3 is 5.97 Å². The number of carbonyl (C=O) groups is 1. The van der Waals surface area contributed by atoms with E-state index >= 15 is 0 Å². The third kappa shape index (κ3) is 2.98. The normalized spacial score (nSPS) is 18.6. The van der Waals surface area contributed by atoms with Crippen molar-refractivity contribution in [1.82, 2.24) is 0 Å². The Morgan fingerprint density at radius 2 is 1.88 bits per heavy atom. The molecule has 0 saturated heterocycles. The van der Waals surface area contributed by atoms with E-state index in [0.717, 1.165) is 21.2 Å². The summed E-state index contributed by atoms with van der Waals surface area (Å²) in [5.41, 5.74) is 2.92. The molecular weight excluding hydrogens is 350 g/mol. The molecule has 2 aliphatic heterocycles. The highest BCUT2D eigenvalue weighted by molar-refractivity contribution is 8.06. The van der Waals surface area contributed by atoms with Crippen molar-refractivity contribution in [3.8, 4) is 0 Å². The lowest BCUT2D eigenvalue weighted by molar-refractivity contribution is -0.138. The number of fused-ring (bicyclic) bond motifs is 3. The predicted octanol–water partition coefficient (Wildman–Crippen LogP) is 5.33. The van der Waals surface area contributed by atoms with Crippen LogP contribution in [0.4, 0.5) is 5.69 Å². The summed E-state index contributed by atoms with van der Waals surface area (Å²) >= 11 is 3.28. The highest BCUT2D eigenvalue weighted by Gasteiger charge is 2.36. The largest absolute Gasteiger partial charge is 0.463 e. The van der Waals surface area contributed by atoms with Crippen LogP contribution in [0.15, 0.2) is 81.7 Å². The van der Waals surface area contributed by atoms with Gasteiger partial charge in [-0.1, -0.05) is 54.2 Å². The maximum Gasteiger partial charge on any atom is 0.338 e. The standard InChI is InChI=1S/C20H17NO2S2/c1-2-23-20(22)17-18(14-8-4-3-5-9-14)25-16-11-7-6-10-15(16)21-12-13-24-19(17)21/h3-13,18H,2H2,1H3. The van der Waals surface area contributed by atoms with Gasteiger partial charge in [0.05, 0.1) is 28.1 Å². The lowest BCUT2D eigenvalue weighted by Gasteiger charge is -2.21. The van der Waals surface area contributed by atoms with Crippen LogP contribution in [-0.2, 0) is 9.53 Å². The molecule has 2 aromatic rings. The quantitative estimate of drug-likeness (QED) is 0.684. The van der Waals surface area contributed by atoms with Gasteiger partial charge in [-0.05, 0) is 30.0 Å². The molecule has 3 nitrogen and oxygen atoms in total. The number of carbonyl (C=O) groups excluding carboxylic acids is 1. The van der Waals surface area contributed by atoms with Gasteiger partial charge < -0.3 is 9.64 Å². The maximum absolute atomic E-state index is 12.9. The van der Waals surface area contributed by atoms with Gasteiger partial charge in [-0.2, -0.15) is 0 Å². The van der Waals surface area contributed by atoms with Crippen LogP contribution in [0.3, 0.4) is 0 Å². The van der Waals surface area contributed by atoms with Crippen molar-refractivity contribution in [2.75, 3.05) is 11.5 Å². The van der Waals surface area contributed by atoms with E-state index < -0.39 is 0 Å². The monoisotopic (exact) mass is 367 g/mol. The van der Waals surface area contributed by atoms with E-state index in [1.807, 2.05) is 48.9 Å². The summed E-state index contributed by atoms with van der Waals surface area (Å²) in [6, 6.07) is 18.4. The third-order valence-electron chi connectivity index (χ3n) is 4.07. The van der Waals surface area contributed by atoms with Crippen LogP contribution in [0, 0.1) is 0 Å². The van der Waals surface area contributed by atoms with E-state index in [0.29, 0.717) is 12.2 Å². The molecule has 4 rings (SSSR count). The number of benzene rings is 2. The molecule has 0 amide bonds. The maximum atomic E-state index is 12.9. The highest BCUT2D eigenvalue weighted by Crippen LogP contribution is 2.53. The molecule has 0 aliphatic carbocycles. The fourth-order valence-electron chi connectivity index (χ4n) is 2.98. The summed E-state index contributed by atoms with van der Waals surface area (Å²) in [6.07, 6.45) is 2.02. The van der Waals surface area contributed by atoms with Crippen molar-refractivity contribution in [3.05, 3.63) is 82.4 Å². The van der Waals surface area contributed by atoms with Crippen molar-refractivity contribution in [2.24, 2.45) is 0 Å². The summed E-state index contributed by atoms with van der Waals surface area (Å²) in [4.78, 5) is 16.1. The Morgan fingerprint density at radius 1 is 1.12 bits per heavy atom. The summed E-state index contributed by atoms with van der Waals surface area (Å²) in [5.74, 6) is -0.243. The summed E-state index contributed by atoms with van der Waals surface area (Å²) in [7, 11) is 0. The van der Waals surface area contributed by atoms with Crippen LogP contribution in [0.1, 0.15) is 17.7 Å². The second kappa shape index (κ2) is 7.02. The number of para-hydroxylation sites is 1. The number of anilines is 1. The Labute approximate surface area is 155 Å². The zero-order chi connectivity index (χ0) is 17.2. The number of nitrogens with zero attached hydrogens (tertiary/aromatic N) is 1. The molecule has 0 bridgehead atoms. The molecule has 0 N–H and O–H groups in total. The van der Waals surface area contributed by atoms with E-state index in [1.54, 1.807) is 23.5 Å². The minimum atomic E-state index is -0.243. The molecule has 0 radical (unpaired) electrons. The van der Waals surface area contributed by atoms with Gasteiger partial charge in [0, 0.05) is 11.1 Å². The molecule has 1 unspecified atom stereocenters. The Kier molecular flexibility index (Phi) is 4.59. The first-order valence-electron chi connectivity index (χ1n) is 8.14. The van der Waals surface area contributed by atoms with Crippen molar-refractivity contribution in [1.29, 1.82) is 0 Å². The molecular formula is C20H17NO2S2. The van der Waals surface area contributed by atoms with E-state index in [4.69, 9.17) is 4.74 Å². The van der Waals surface area contributed by atoms with Crippen molar-refractivity contribution < 1.29 is 9.53 Å². The molecule has 2 heterocycles. The smallest absolute Gasteiger partial charge is 0.338 e. The number of hydrogen-bond donors (Lipinski definition) is 0. The second-order valence-corrected chi connectivity index (χ2v) is 7.63. The molecule has 0 fully saturated rings. The van der Waals surface area contributed by atoms with Crippen LogP contribution in [0.2, 0.25) is 0 Å². The summed E-state index contributed by atoms with van der Waals surface area (Å²) in [6.45, 7) is 2.21. The van der Waals surface area contributed by atoms with Crippen LogP contribution in [-0.4, -0.2) is 12.6 Å². The number of ether oxygens (including phenoxy) is 1. The third-order valence-corrected chi connectivity index (χ3v) is 6.31. The highest BCUT2D eigenvalue weighted by atomic mass is 32.2. The van der Waals surface area contributed by atoms with Crippen LogP contribution in [0.5, 0.6) is 0 Å². The molecule has 25 heavy (non-hydrogen) atoms.